The van der Waals surface area contributed by atoms with Crippen molar-refractivity contribution in [3.63, 3.8) is 0 Å². The summed E-state index contributed by atoms with van der Waals surface area (Å²) < 4.78 is 7.53. The molecule has 7 nitrogen and oxygen atoms in total. The molecular formula is C17H22BrN5O2. The van der Waals surface area contributed by atoms with Gasteiger partial charge in [0.05, 0.1) is 24.1 Å². The number of ether oxygens (including phenoxy) is 1. The molecule has 8 heteroatoms. The molecule has 0 radical (unpaired) electrons. The Morgan fingerprint density at radius 1 is 1.28 bits per heavy atom. The van der Waals surface area contributed by atoms with E-state index in [9.17, 15) is 4.79 Å². The van der Waals surface area contributed by atoms with Gasteiger partial charge in [-0.3, -0.25) is 4.79 Å². The van der Waals surface area contributed by atoms with Crippen LogP contribution in [0, 0.1) is 0 Å². The third-order valence-electron chi connectivity index (χ3n) is 4.11. The molecule has 3 rings (SSSR count). The van der Waals surface area contributed by atoms with Crippen LogP contribution in [0.3, 0.4) is 0 Å². The summed E-state index contributed by atoms with van der Waals surface area (Å²) >= 11 is 3.31. The van der Waals surface area contributed by atoms with Crippen molar-refractivity contribution in [2.75, 3.05) is 23.3 Å². The predicted molar refractivity (Wildman–Crippen MR) is 101 cm³/mol. The largest absolute Gasteiger partial charge is 0.379 e. The lowest BCUT2D eigenvalue weighted by Gasteiger charge is -2.36. The Morgan fingerprint density at radius 2 is 2.00 bits per heavy atom. The van der Waals surface area contributed by atoms with E-state index in [0.29, 0.717) is 16.7 Å². The first kappa shape index (κ1) is 17.9. The summed E-state index contributed by atoms with van der Waals surface area (Å²) in [4.78, 5) is 18.7. The van der Waals surface area contributed by atoms with Crippen LogP contribution in [-0.2, 0) is 18.3 Å². The van der Waals surface area contributed by atoms with E-state index in [4.69, 9.17) is 4.74 Å². The van der Waals surface area contributed by atoms with E-state index in [1.54, 1.807) is 13.2 Å². The molecule has 134 valence electrons. The van der Waals surface area contributed by atoms with Gasteiger partial charge in [-0.05, 0) is 41.4 Å². The average Bonchev–Trinajstić information content (AvgIpc) is 2.59. The predicted octanol–water partition coefficient (Wildman–Crippen LogP) is 2.16. The maximum Gasteiger partial charge on any atom is 0.282 e. The van der Waals surface area contributed by atoms with E-state index in [2.05, 4.69) is 50.1 Å². The SMILES string of the molecule is CC1CN(c2ccc(CNc3cnn(C)c(=O)c3Br)cn2)CC(C)O1. The summed E-state index contributed by atoms with van der Waals surface area (Å²) in [6.07, 6.45) is 3.90. The molecule has 0 amide bonds. The number of nitrogens with one attached hydrogen (secondary N) is 1. The molecule has 25 heavy (non-hydrogen) atoms. The lowest BCUT2D eigenvalue weighted by molar-refractivity contribution is -0.00545. The summed E-state index contributed by atoms with van der Waals surface area (Å²) in [6, 6.07) is 4.07. The summed E-state index contributed by atoms with van der Waals surface area (Å²) in [5, 5.41) is 7.23. The second-order valence-electron chi connectivity index (χ2n) is 6.34. The topological polar surface area (TPSA) is 72.3 Å². The maximum absolute atomic E-state index is 11.9. The van der Waals surface area contributed by atoms with Crippen molar-refractivity contribution in [2.24, 2.45) is 7.05 Å². The average molecular weight is 408 g/mol. The van der Waals surface area contributed by atoms with Crippen LogP contribution < -0.4 is 15.8 Å². The first-order valence-corrected chi connectivity index (χ1v) is 9.04. The lowest BCUT2D eigenvalue weighted by Crippen LogP contribution is -2.45. The summed E-state index contributed by atoms with van der Waals surface area (Å²) in [6.45, 7) is 6.42. The van der Waals surface area contributed by atoms with Crippen LogP contribution in [0.4, 0.5) is 11.5 Å². The van der Waals surface area contributed by atoms with Crippen LogP contribution in [0.1, 0.15) is 19.4 Å². The number of morpholine rings is 1. The minimum atomic E-state index is -0.172. The molecule has 1 saturated heterocycles. The monoisotopic (exact) mass is 407 g/mol. The van der Waals surface area contributed by atoms with Gasteiger partial charge in [-0.2, -0.15) is 5.10 Å². The third-order valence-corrected chi connectivity index (χ3v) is 4.88. The normalized spacial score (nSPS) is 20.6. The highest BCUT2D eigenvalue weighted by molar-refractivity contribution is 9.10. The molecule has 2 unspecified atom stereocenters. The molecule has 0 spiro atoms. The second-order valence-corrected chi connectivity index (χ2v) is 7.13. The van der Waals surface area contributed by atoms with E-state index < -0.39 is 0 Å². The number of nitrogens with zero attached hydrogens (tertiary/aromatic N) is 4. The Kier molecular flexibility index (Phi) is 5.39. The number of aromatic nitrogens is 3. The molecule has 3 heterocycles. The van der Waals surface area contributed by atoms with Crippen molar-refractivity contribution >= 4 is 27.4 Å². The molecule has 0 saturated carbocycles. The van der Waals surface area contributed by atoms with Gasteiger partial charge in [0.25, 0.3) is 5.56 Å². The summed E-state index contributed by atoms with van der Waals surface area (Å²) in [5.41, 5.74) is 1.53. The van der Waals surface area contributed by atoms with Crippen molar-refractivity contribution in [1.29, 1.82) is 0 Å². The molecule has 1 aliphatic heterocycles. The van der Waals surface area contributed by atoms with Crippen LogP contribution in [0.2, 0.25) is 0 Å². The summed E-state index contributed by atoms with van der Waals surface area (Å²) in [7, 11) is 1.62. The molecule has 2 aromatic heterocycles. The number of anilines is 2. The smallest absolute Gasteiger partial charge is 0.282 e. The highest BCUT2D eigenvalue weighted by Crippen LogP contribution is 2.20. The van der Waals surface area contributed by atoms with Crippen molar-refractivity contribution in [2.45, 2.75) is 32.6 Å². The van der Waals surface area contributed by atoms with Crippen molar-refractivity contribution in [3.8, 4) is 0 Å². The Labute approximate surface area is 155 Å². The second kappa shape index (κ2) is 7.53. The van der Waals surface area contributed by atoms with Crippen LogP contribution >= 0.6 is 15.9 Å². The zero-order valence-corrected chi connectivity index (χ0v) is 16.2. The van der Waals surface area contributed by atoms with Gasteiger partial charge in [0, 0.05) is 32.9 Å². The van der Waals surface area contributed by atoms with E-state index in [1.807, 2.05) is 18.3 Å². The summed E-state index contributed by atoms with van der Waals surface area (Å²) in [5.74, 6) is 0.960. The lowest BCUT2D eigenvalue weighted by atomic mass is 10.2. The van der Waals surface area contributed by atoms with Gasteiger partial charge in [-0.1, -0.05) is 6.07 Å². The first-order chi connectivity index (χ1) is 11.9. The minimum absolute atomic E-state index is 0.172. The number of pyridine rings is 1. The molecule has 1 N–H and O–H groups in total. The zero-order valence-electron chi connectivity index (χ0n) is 14.6. The van der Waals surface area contributed by atoms with Crippen LogP contribution in [0.5, 0.6) is 0 Å². The van der Waals surface area contributed by atoms with E-state index in [0.717, 1.165) is 24.5 Å². The number of hydrogen-bond donors (Lipinski definition) is 1. The fourth-order valence-electron chi connectivity index (χ4n) is 2.90. The molecule has 0 aliphatic carbocycles. The number of hydrogen-bond acceptors (Lipinski definition) is 6. The van der Waals surface area contributed by atoms with Gasteiger partial charge in [0.15, 0.2) is 0 Å². The highest BCUT2D eigenvalue weighted by Gasteiger charge is 2.22. The van der Waals surface area contributed by atoms with E-state index in [-0.39, 0.29) is 17.8 Å². The van der Waals surface area contributed by atoms with Gasteiger partial charge >= 0.3 is 0 Å². The molecule has 2 atom stereocenters. The Bertz CT molecular complexity index is 783. The Hall–Kier alpha value is -1.93. The highest BCUT2D eigenvalue weighted by atomic mass is 79.9. The zero-order chi connectivity index (χ0) is 18.0. The van der Waals surface area contributed by atoms with Gasteiger partial charge in [0.1, 0.15) is 10.3 Å². The van der Waals surface area contributed by atoms with Crippen LogP contribution in [0.15, 0.2) is 33.8 Å². The van der Waals surface area contributed by atoms with Gasteiger partial charge in [-0.15, -0.1) is 0 Å². The van der Waals surface area contributed by atoms with Crippen LogP contribution in [-0.4, -0.2) is 40.1 Å². The Balaban J connectivity index is 1.65. The standard InChI is InChI=1S/C17H22BrN5O2/c1-11-9-23(10-12(2)25-11)15-5-4-13(7-20-15)6-19-14-8-21-22(3)17(24)16(14)18/h4-5,7-8,11-12,19H,6,9-10H2,1-3H3. The molecule has 1 aliphatic rings. The van der Waals surface area contributed by atoms with Gasteiger partial charge < -0.3 is 15.0 Å². The minimum Gasteiger partial charge on any atom is -0.379 e. The molecule has 2 aromatic rings. The molecule has 0 aromatic carbocycles. The van der Waals surface area contributed by atoms with Crippen molar-refractivity contribution in [3.05, 3.63) is 44.9 Å². The van der Waals surface area contributed by atoms with Crippen LogP contribution in [0.25, 0.3) is 0 Å². The van der Waals surface area contributed by atoms with Gasteiger partial charge in [-0.25, -0.2) is 9.67 Å². The maximum atomic E-state index is 11.9. The van der Waals surface area contributed by atoms with Crippen molar-refractivity contribution in [1.82, 2.24) is 14.8 Å². The fraction of sp³-hybridized carbons (Fsp3) is 0.471. The van der Waals surface area contributed by atoms with Crippen molar-refractivity contribution < 1.29 is 4.74 Å². The van der Waals surface area contributed by atoms with E-state index in [1.165, 1.54) is 4.68 Å². The molecule has 0 bridgehead atoms. The van der Waals surface area contributed by atoms with E-state index >= 15 is 0 Å². The Morgan fingerprint density at radius 3 is 2.64 bits per heavy atom. The third kappa shape index (κ3) is 4.19. The van der Waals surface area contributed by atoms with Gasteiger partial charge in [0.2, 0.25) is 0 Å². The molecular weight excluding hydrogens is 386 g/mol. The quantitative estimate of drug-likeness (QED) is 0.836. The fourth-order valence-corrected chi connectivity index (χ4v) is 3.40. The first-order valence-electron chi connectivity index (χ1n) is 8.25. The number of aryl methyl sites for hydroxylation is 1. The number of rotatable bonds is 4. The number of halogens is 1. The molecule has 1 fully saturated rings.